The summed E-state index contributed by atoms with van der Waals surface area (Å²) in [6.07, 6.45) is 2.23. The number of imide groups is 1. The highest BCUT2D eigenvalue weighted by Crippen LogP contribution is 2.54. The first kappa shape index (κ1) is 24.2. The van der Waals surface area contributed by atoms with Crippen LogP contribution >= 0.6 is 0 Å². The van der Waals surface area contributed by atoms with Crippen molar-refractivity contribution in [1.29, 1.82) is 0 Å². The number of carbonyl (C=O) groups excluding carboxylic acids is 4. The molecule has 10 heteroatoms. The van der Waals surface area contributed by atoms with E-state index in [1.165, 1.54) is 25.1 Å². The molecule has 4 amide bonds. The van der Waals surface area contributed by atoms with Gasteiger partial charge < -0.3 is 15.6 Å². The molecule has 0 saturated carbocycles. The Morgan fingerprint density at radius 1 is 1.02 bits per heavy atom. The molecule has 3 aliphatic rings. The number of para-hydroxylation sites is 1. The Balaban J connectivity index is 1.34. The summed E-state index contributed by atoms with van der Waals surface area (Å²) in [5, 5.41) is 9.80. The van der Waals surface area contributed by atoms with E-state index in [9.17, 15) is 23.6 Å². The van der Waals surface area contributed by atoms with E-state index >= 15 is 0 Å². The molecule has 3 aliphatic heterocycles. The van der Waals surface area contributed by atoms with Crippen LogP contribution in [0.3, 0.4) is 0 Å². The Labute approximate surface area is 227 Å². The zero-order valence-electron chi connectivity index (χ0n) is 21.3. The summed E-state index contributed by atoms with van der Waals surface area (Å²) in [4.78, 5) is 57.7. The summed E-state index contributed by atoms with van der Waals surface area (Å²) in [7, 11) is 0. The lowest BCUT2D eigenvalue weighted by atomic mass is 9.76. The van der Waals surface area contributed by atoms with Crippen LogP contribution in [0.2, 0.25) is 0 Å². The van der Waals surface area contributed by atoms with Gasteiger partial charge in [-0.15, -0.1) is 0 Å². The average Bonchev–Trinajstić information content (AvgIpc) is 3.64. The fourth-order valence-corrected chi connectivity index (χ4v) is 6.64. The van der Waals surface area contributed by atoms with Crippen molar-refractivity contribution < 1.29 is 23.6 Å². The second-order valence-electron chi connectivity index (χ2n) is 10.5. The van der Waals surface area contributed by atoms with E-state index in [0.29, 0.717) is 29.0 Å². The molecular formula is C30H24FN5O4. The maximum Gasteiger partial charge on any atom is 0.250 e. The van der Waals surface area contributed by atoms with Crippen LogP contribution in [-0.4, -0.2) is 34.7 Å². The molecule has 4 N–H and O–H groups in total. The number of anilines is 3. The molecule has 2 fully saturated rings. The molecule has 0 unspecified atom stereocenters. The minimum Gasteiger partial charge on any atom is -0.361 e. The molecule has 200 valence electrons. The first-order valence-electron chi connectivity index (χ1n) is 13.0. The van der Waals surface area contributed by atoms with Gasteiger partial charge in [-0.25, -0.2) is 9.29 Å². The second kappa shape index (κ2) is 8.59. The molecule has 1 aromatic heterocycles. The summed E-state index contributed by atoms with van der Waals surface area (Å²) in [5.74, 6) is -4.23. The summed E-state index contributed by atoms with van der Waals surface area (Å²) in [6.45, 7) is 1.39. The third-order valence-electron chi connectivity index (χ3n) is 8.24. The highest BCUT2D eigenvalue weighted by Gasteiger charge is 2.70. The summed E-state index contributed by atoms with van der Waals surface area (Å²) in [6, 6.07) is 17.5. The van der Waals surface area contributed by atoms with Gasteiger partial charge in [-0.1, -0.05) is 18.2 Å². The van der Waals surface area contributed by atoms with Crippen LogP contribution in [0.15, 0.2) is 72.9 Å². The first-order valence-corrected chi connectivity index (χ1v) is 13.0. The Bertz CT molecular complexity index is 1750. The number of carbonyl (C=O) groups is 4. The van der Waals surface area contributed by atoms with Gasteiger partial charge in [0.25, 0.3) is 0 Å². The molecule has 0 radical (unpaired) electrons. The summed E-state index contributed by atoms with van der Waals surface area (Å²) < 4.78 is 14.5. The number of halogens is 1. The third kappa shape index (κ3) is 3.35. The molecule has 7 rings (SSSR count). The first-order chi connectivity index (χ1) is 19.3. The monoisotopic (exact) mass is 537 g/mol. The van der Waals surface area contributed by atoms with Crippen molar-refractivity contribution in [1.82, 2.24) is 10.3 Å². The quantitative estimate of drug-likeness (QED) is 0.297. The molecule has 4 heterocycles. The minimum absolute atomic E-state index is 0.248. The number of fused-ring (bicyclic) bond motifs is 5. The average molecular weight is 538 g/mol. The van der Waals surface area contributed by atoms with E-state index in [-0.39, 0.29) is 5.91 Å². The van der Waals surface area contributed by atoms with Gasteiger partial charge in [-0.05, 0) is 60.5 Å². The SMILES string of the molecule is CC(=O)Nc1ccc(N2C(=O)[C@H]3[C@@H](C2=O)[C@]2(N[C@@H]3Cc3c[nH]c4ccccc34)C(=O)Nc3ccc(F)cc32)cc1. The van der Waals surface area contributed by atoms with Gasteiger partial charge in [-0.3, -0.25) is 24.5 Å². The van der Waals surface area contributed by atoms with Gasteiger partial charge in [0, 0.05) is 47.0 Å². The minimum atomic E-state index is -1.61. The van der Waals surface area contributed by atoms with Gasteiger partial charge in [0.1, 0.15) is 11.4 Å². The standard InChI is InChI=1S/C30H24FN5O4/c1-15(37)33-18-7-9-19(10-8-18)36-27(38)25-24(12-16-14-32-22-5-3-2-4-20(16)22)35-30(26(25)28(36)39)21-13-17(31)6-11-23(21)34-29(30)40/h2-11,13-14,24-26,32,35H,12H2,1H3,(H,33,37)(H,34,40)/t24-,25-,26+,30+/m1/s1. The normalized spacial score (nSPS) is 25.0. The molecule has 40 heavy (non-hydrogen) atoms. The van der Waals surface area contributed by atoms with Crippen molar-refractivity contribution in [2.75, 3.05) is 15.5 Å². The van der Waals surface area contributed by atoms with Crippen LogP contribution in [0, 0.1) is 17.7 Å². The van der Waals surface area contributed by atoms with Crippen molar-refractivity contribution in [3.63, 3.8) is 0 Å². The largest absolute Gasteiger partial charge is 0.361 e. The Kier molecular flexibility index (Phi) is 5.20. The van der Waals surface area contributed by atoms with Crippen molar-refractivity contribution >= 4 is 51.6 Å². The topological polar surface area (TPSA) is 123 Å². The molecule has 0 aliphatic carbocycles. The van der Waals surface area contributed by atoms with Crippen molar-refractivity contribution in [2.24, 2.45) is 11.8 Å². The number of benzene rings is 3. The zero-order valence-corrected chi connectivity index (χ0v) is 21.3. The fraction of sp³-hybridized carbons (Fsp3) is 0.200. The molecule has 4 aromatic rings. The molecule has 2 saturated heterocycles. The number of aromatic nitrogens is 1. The maximum atomic E-state index is 14.5. The van der Waals surface area contributed by atoms with Crippen LogP contribution in [0.5, 0.6) is 0 Å². The van der Waals surface area contributed by atoms with Crippen LogP contribution in [0.1, 0.15) is 18.1 Å². The number of nitrogens with one attached hydrogen (secondary N) is 4. The highest BCUT2D eigenvalue weighted by molar-refractivity contribution is 6.26. The highest BCUT2D eigenvalue weighted by atomic mass is 19.1. The Morgan fingerprint density at radius 2 is 1.80 bits per heavy atom. The molecule has 0 bridgehead atoms. The number of nitrogens with zero attached hydrogens (tertiary/aromatic N) is 1. The second-order valence-corrected chi connectivity index (χ2v) is 10.5. The fourth-order valence-electron chi connectivity index (χ4n) is 6.64. The van der Waals surface area contributed by atoms with E-state index in [0.717, 1.165) is 21.4 Å². The molecule has 3 aromatic carbocycles. The van der Waals surface area contributed by atoms with Gasteiger partial charge >= 0.3 is 0 Å². The maximum absolute atomic E-state index is 14.5. The van der Waals surface area contributed by atoms with E-state index < -0.39 is 47.0 Å². The number of amides is 4. The van der Waals surface area contributed by atoms with Crippen molar-refractivity contribution in [3.8, 4) is 0 Å². The zero-order chi connectivity index (χ0) is 27.8. The predicted molar refractivity (Wildman–Crippen MR) is 146 cm³/mol. The number of hydrogen-bond donors (Lipinski definition) is 4. The molecule has 9 nitrogen and oxygen atoms in total. The number of aromatic amines is 1. The van der Waals surface area contributed by atoms with Gasteiger partial charge in [0.05, 0.1) is 17.5 Å². The van der Waals surface area contributed by atoms with Crippen molar-refractivity contribution in [2.45, 2.75) is 24.9 Å². The number of rotatable bonds is 4. The summed E-state index contributed by atoms with van der Waals surface area (Å²) >= 11 is 0. The van der Waals surface area contributed by atoms with Gasteiger partial charge in [-0.2, -0.15) is 0 Å². The number of hydrogen-bond acceptors (Lipinski definition) is 5. The lowest BCUT2D eigenvalue weighted by Gasteiger charge is -2.29. The van der Waals surface area contributed by atoms with E-state index in [1.807, 2.05) is 30.5 Å². The van der Waals surface area contributed by atoms with Crippen LogP contribution in [-0.2, 0) is 31.1 Å². The molecular weight excluding hydrogens is 513 g/mol. The van der Waals surface area contributed by atoms with Crippen molar-refractivity contribution in [3.05, 3.63) is 89.9 Å². The summed E-state index contributed by atoms with van der Waals surface area (Å²) in [5.41, 5.74) is 1.82. The smallest absolute Gasteiger partial charge is 0.250 e. The van der Waals surface area contributed by atoms with Gasteiger partial charge in [0.15, 0.2) is 0 Å². The Hall–Kier alpha value is -4.83. The number of H-pyrrole nitrogens is 1. The van der Waals surface area contributed by atoms with Crippen LogP contribution in [0.25, 0.3) is 10.9 Å². The molecule has 1 spiro atoms. The Morgan fingerprint density at radius 3 is 2.58 bits per heavy atom. The van der Waals surface area contributed by atoms with Crippen LogP contribution < -0.4 is 20.9 Å². The predicted octanol–water partition coefficient (Wildman–Crippen LogP) is 3.43. The molecule has 4 atom stereocenters. The lowest BCUT2D eigenvalue weighted by molar-refractivity contribution is -0.130. The van der Waals surface area contributed by atoms with E-state index in [2.05, 4.69) is 20.9 Å². The third-order valence-corrected chi connectivity index (χ3v) is 8.24. The van der Waals surface area contributed by atoms with E-state index in [1.54, 1.807) is 24.3 Å². The van der Waals surface area contributed by atoms with Gasteiger partial charge in [0.2, 0.25) is 23.6 Å². The van der Waals surface area contributed by atoms with E-state index in [4.69, 9.17) is 0 Å². The lowest BCUT2D eigenvalue weighted by Crippen LogP contribution is -2.53. The van der Waals surface area contributed by atoms with Crippen LogP contribution in [0.4, 0.5) is 21.5 Å².